The van der Waals surface area contributed by atoms with Gasteiger partial charge in [0.1, 0.15) is 0 Å². The topological polar surface area (TPSA) is 46.5 Å². The molecule has 1 atom stereocenters. The lowest BCUT2D eigenvalue weighted by atomic mass is 9.99. The summed E-state index contributed by atoms with van der Waals surface area (Å²) in [4.78, 5) is 11.3. The van der Waals surface area contributed by atoms with E-state index in [1.54, 1.807) is 12.2 Å². The van der Waals surface area contributed by atoms with E-state index in [0.29, 0.717) is 19.6 Å². The zero-order valence-corrected chi connectivity index (χ0v) is 12.4. The molecule has 0 aliphatic heterocycles. The van der Waals surface area contributed by atoms with Gasteiger partial charge in [0.25, 0.3) is 0 Å². The van der Waals surface area contributed by atoms with Crippen LogP contribution in [-0.4, -0.2) is 17.7 Å². The molecule has 0 unspecified atom stereocenters. The van der Waals surface area contributed by atoms with Gasteiger partial charge in [0.15, 0.2) is 0 Å². The zero-order valence-electron chi connectivity index (χ0n) is 12.4. The quantitative estimate of drug-likeness (QED) is 0.597. The molecule has 0 heterocycles. The van der Waals surface area contributed by atoms with Gasteiger partial charge in [-0.2, -0.15) is 0 Å². The Morgan fingerprint density at radius 2 is 1.59 bits per heavy atom. The van der Waals surface area contributed by atoms with Gasteiger partial charge in [-0.1, -0.05) is 72.8 Å². The van der Waals surface area contributed by atoms with Crippen LogP contribution in [0.5, 0.6) is 0 Å². The molecule has 0 fully saturated rings. The van der Waals surface area contributed by atoms with Crippen molar-refractivity contribution in [3.63, 3.8) is 0 Å². The van der Waals surface area contributed by atoms with Crippen molar-refractivity contribution in [2.24, 2.45) is 5.92 Å². The summed E-state index contributed by atoms with van der Waals surface area (Å²) < 4.78 is 5.52. The van der Waals surface area contributed by atoms with Crippen LogP contribution < -0.4 is 0 Å². The molecule has 2 aromatic rings. The van der Waals surface area contributed by atoms with Gasteiger partial charge in [-0.15, -0.1) is 0 Å². The third-order valence-corrected chi connectivity index (χ3v) is 3.31. The van der Waals surface area contributed by atoms with E-state index in [1.807, 2.05) is 60.7 Å². The summed E-state index contributed by atoms with van der Waals surface area (Å²) in [5.74, 6) is -1.34. The monoisotopic (exact) mass is 296 g/mol. The van der Waals surface area contributed by atoms with E-state index < -0.39 is 11.9 Å². The van der Waals surface area contributed by atoms with E-state index >= 15 is 0 Å². The van der Waals surface area contributed by atoms with Crippen LogP contribution in [0.25, 0.3) is 0 Å². The summed E-state index contributed by atoms with van der Waals surface area (Å²) in [5, 5.41) is 9.28. The Hall–Kier alpha value is -2.39. The van der Waals surface area contributed by atoms with Gasteiger partial charge in [-0.3, -0.25) is 4.79 Å². The first-order chi connectivity index (χ1) is 10.8. The minimum Gasteiger partial charge on any atom is -0.481 e. The highest BCUT2D eigenvalue weighted by molar-refractivity contribution is 5.72. The molecule has 0 aliphatic carbocycles. The molecule has 2 aromatic carbocycles. The highest BCUT2D eigenvalue weighted by Gasteiger charge is 2.13. The molecule has 0 radical (unpaired) electrons. The molecule has 22 heavy (non-hydrogen) atoms. The predicted molar refractivity (Wildman–Crippen MR) is 86.5 cm³/mol. The summed E-state index contributed by atoms with van der Waals surface area (Å²) in [7, 11) is 0. The molecule has 1 N–H and O–H groups in total. The van der Waals surface area contributed by atoms with Crippen LogP contribution in [-0.2, 0) is 22.6 Å². The van der Waals surface area contributed by atoms with Crippen LogP contribution in [0.1, 0.15) is 11.1 Å². The number of benzene rings is 2. The first-order valence-electron chi connectivity index (χ1n) is 7.31. The van der Waals surface area contributed by atoms with E-state index in [4.69, 9.17) is 4.74 Å². The third kappa shape index (κ3) is 5.54. The lowest BCUT2D eigenvalue weighted by Crippen LogP contribution is -2.14. The second-order valence-corrected chi connectivity index (χ2v) is 5.06. The Kier molecular flexibility index (Phi) is 6.39. The van der Waals surface area contributed by atoms with E-state index in [0.717, 1.165) is 11.1 Å². The van der Waals surface area contributed by atoms with Crippen molar-refractivity contribution >= 4 is 5.97 Å². The standard InChI is InChI=1S/C19H20O3/c20-19(21)18(14-16-8-3-1-4-9-16)12-7-13-22-15-17-10-5-2-6-11-17/h1-12,18H,13-15H2,(H,20,21)/b12-7-/t18-/m1/s1. The van der Waals surface area contributed by atoms with Gasteiger partial charge in [-0.25, -0.2) is 0 Å². The zero-order chi connectivity index (χ0) is 15.6. The maximum absolute atomic E-state index is 11.3. The Bertz CT molecular complexity index is 591. The van der Waals surface area contributed by atoms with E-state index in [2.05, 4.69) is 0 Å². The van der Waals surface area contributed by atoms with Crippen LogP contribution in [0.3, 0.4) is 0 Å². The van der Waals surface area contributed by atoms with Crippen LogP contribution in [0.2, 0.25) is 0 Å². The predicted octanol–water partition coefficient (Wildman–Crippen LogP) is 3.70. The molecule has 114 valence electrons. The largest absolute Gasteiger partial charge is 0.481 e. The van der Waals surface area contributed by atoms with Crippen LogP contribution in [0.4, 0.5) is 0 Å². The van der Waals surface area contributed by atoms with Crippen LogP contribution in [0.15, 0.2) is 72.8 Å². The summed E-state index contributed by atoms with van der Waals surface area (Å²) in [5.41, 5.74) is 2.12. The number of carboxylic acids is 1. The number of carbonyl (C=O) groups is 1. The fourth-order valence-electron chi connectivity index (χ4n) is 2.14. The first kappa shape index (κ1) is 16.0. The van der Waals surface area contributed by atoms with Crippen molar-refractivity contribution in [1.29, 1.82) is 0 Å². The lowest BCUT2D eigenvalue weighted by molar-refractivity contribution is -0.140. The third-order valence-electron chi connectivity index (χ3n) is 3.31. The van der Waals surface area contributed by atoms with Crippen molar-refractivity contribution in [3.8, 4) is 0 Å². The molecule has 0 amide bonds. The van der Waals surface area contributed by atoms with E-state index in [9.17, 15) is 9.90 Å². The highest BCUT2D eigenvalue weighted by Crippen LogP contribution is 2.10. The van der Waals surface area contributed by atoms with Crippen molar-refractivity contribution < 1.29 is 14.6 Å². The van der Waals surface area contributed by atoms with E-state index in [-0.39, 0.29) is 0 Å². The Morgan fingerprint density at radius 3 is 2.18 bits per heavy atom. The van der Waals surface area contributed by atoms with E-state index in [1.165, 1.54) is 0 Å². The van der Waals surface area contributed by atoms with Gasteiger partial charge in [0.05, 0.1) is 19.1 Å². The average Bonchev–Trinajstić information content (AvgIpc) is 2.55. The van der Waals surface area contributed by atoms with Crippen molar-refractivity contribution in [3.05, 3.63) is 83.9 Å². The molecule has 0 saturated heterocycles. The SMILES string of the molecule is O=C(O)[C@H](/C=C\COCc1ccccc1)Cc1ccccc1. The molecule has 2 rings (SSSR count). The van der Waals surface area contributed by atoms with Crippen LogP contribution in [0, 0.1) is 5.92 Å². The van der Waals surface area contributed by atoms with Gasteiger partial charge in [0, 0.05) is 0 Å². The molecule has 3 nitrogen and oxygen atoms in total. The summed E-state index contributed by atoms with van der Waals surface area (Å²) in [6, 6.07) is 19.5. The van der Waals surface area contributed by atoms with Gasteiger partial charge < -0.3 is 9.84 Å². The molecule has 0 aliphatic rings. The number of hydrogen-bond acceptors (Lipinski definition) is 2. The van der Waals surface area contributed by atoms with Crippen molar-refractivity contribution in [1.82, 2.24) is 0 Å². The minimum absolute atomic E-state index is 0.410. The molecule has 0 spiro atoms. The average molecular weight is 296 g/mol. The number of hydrogen-bond donors (Lipinski definition) is 1. The van der Waals surface area contributed by atoms with Gasteiger partial charge in [0.2, 0.25) is 0 Å². The number of carboxylic acid groups (broad SMARTS) is 1. The van der Waals surface area contributed by atoms with Crippen molar-refractivity contribution in [2.75, 3.05) is 6.61 Å². The lowest BCUT2D eigenvalue weighted by Gasteiger charge is -2.08. The summed E-state index contributed by atoms with van der Waals surface area (Å²) in [6.45, 7) is 0.940. The Labute approximate surface area is 130 Å². The number of aliphatic carboxylic acids is 1. The highest BCUT2D eigenvalue weighted by atomic mass is 16.5. The maximum atomic E-state index is 11.3. The van der Waals surface area contributed by atoms with Gasteiger partial charge in [-0.05, 0) is 17.5 Å². The molecule has 0 bridgehead atoms. The smallest absolute Gasteiger partial charge is 0.310 e. The fraction of sp³-hybridized carbons (Fsp3) is 0.211. The second-order valence-electron chi connectivity index (χ2n) is 5.06. The molecule has 3 heteroatoms. The number of rotatable bonds is 8. The molecule has 0 saturated carbocycles. The first-order valence-corrected chi connectivity index (χ1v) is 7.31. The molecular weight excluding hydrogens is 276 g/mol. The minimum atomic E-state index is -0.817. The van der Waals surface area contributed by atoms with Crippen molar-refractivity contribution in [2.45, 2.75) is 13.0 Å². The normalized spacial score (nSPS) is 12.4. The number of ether oxygens (including phenoxy) is 1. The Morgan fingerprint density at radius 1 is 1.00 bits per heavy atom. The summed E-state index contributed by atoms with van der Waals surface area (Å²) >= 11 is 0. The molecular formula is C19H20O3. The molecule has 0 aromatic heterocycles. The maximum Gasteiger partial charge on any atom is 0.310 e. The van der Waals surface area contributed by atoms with Crippen LogP contribution >= 0.6 is 0 Å². The van der Waals surface area contributed by atoms with Gasteiger partial charge >= 0.3 is 5.97 Å². The fourth-order valence-corrected chi connectivity index (χ4v) is 2.14. The summed E-state index contributed by atoms with van der Waals surface area (Å²) in [6.07, 6.45) is 3.98. The second kappa shape index (κ2) is 8.80. The Balaban J connectivity index is 1.79.